The summed E-state index contributed by atoms with van der Waals surface area (Å²) in [5, 5.41) is 0.319. The van der Waals surface area contributed by atoms with Crippen LogP contribution < -0.4 is 0 Å². The van der Waals surface area contributed by atoms with E-state index in [2.05, 4.69) is 9.97 Å². The summed E-state index contributed by atoms with van der Waals surface area (Å²) in [5.41, 5.74) is 1.32. The summed E-state index contributed by atoms with van der Waals surface area (Å²) in [5.74, 6) is -0.0779. The van der Waals surface area contributed by atoms with E-state index in [9.17, 15) is 4.79 Å². The number of H-pyrrole nitrogens is 1. The minimum atomic E-state index is -0.505. The van der Waals surface area contributed by atoms with Gasteiger partial charge in [0.15, 0.2) is 5.78 Å². The predicted octanol–water partition coefficient (Wildman–Crippen LogP) is 2.37. The standard InChI is InChI=1S/C10H9ClN2O/c1-6(11)9(14)8-5-13-10-7(8)3-2-4-12-10/h2-6H,1H3,(H,12,13)/t6-/m0/s1. The number of pyridine rings is 1. The number of aromatic nitrogens is 2. The van der Waals surface area contributed by atoms with Gasteiger partial charge in [0.25, 0.3) is 0 Å². The Kier molecular flexibility index (Phi) is 2.25. The molecule has 0 aliphatic rings. The second kappa shape index (κ2) is 3.42. The van der Waals surface area contributed by atoms with Crippen molar-refractivity contribution in [3.63, 3.8) is 0 Å². The Hall–Kier alpha value is -1.35. The van der Waals surface area contributed by atoms with Crippen LogP contribution in [-0.4, -0.2) is 21.1 Å². The number of nitrogens with one attached hydrogen (secondary N) is 1. The molecule has 2 aromatic heterocycles. The highest BCUT2D eigenvalue weighted by atomic mass is 35.5. The van der Waals surface area contributed by atoms with Crippen molar-refractivity contribution in [2.75, 3.05) is 0 Å². The number of carbonyl (C=O) groups is 1. The first kappa shape index (κ1) is 9.21. The average molecular weight is 209 g/mol. The highest BCUT2D eigenvalue weighted by Crippen LogP contribution is 2.18. The van der Waals surface area contributed by atoms with Crippen molar-refractivity contribution >= 4 is 28.4 Å². The topological polar surface area (TPSA) is 45.8 Å². The van der Waals surface area contributed by atoms with Gasteiger partial charge in [-0.1, -0.05) is 0 Å². The van der Waals surface area contributed by atoms with Gasteiger partial charge >= 0.3 is 0 Å². The molecule has 0 amide bonds. The van der Waals surface area contributed by atoms with Gasteiger partial charge in [-0.3, -0.25) is 4.79 Å². The first-order valence-corrected chi connectivity index (χ1v) is 4.74. The van der Waals surface area contributed by atoms with Crippen molar-refractivity contribution in [1.82, 2.24) is 9.97 Å². The molecule has 0 saturated carbocycles. The highest BCUT2D eigenvalue weighted by molar-refractivity contribution is 6.34. The number of halogens is 1. The summed E-state index contributed by atoms with van der Waals surface area (Å²) in [7, 11) is 0. The third-order valence-electron chi connectivity index (χ3n) is 2.08. The normalized spacial score (nSPS) is 13.0. The van der Waals surface area contributed by atoms with E-state index in [1.54, 1.807) is 25.4 Å². The van der Waals surface area contributed by atoms with Gasteiger partial charge in [0, 0.05) is 23.3 Å². The molecule has 0 radical (unpaired) electrons. The van der Waals surface area contributed by atoms with Gasteiger partial charge < -0.3 is 4.98 Å². The Morgan fingerprint density at radius 2 is 2.43 bits per heavy atom. The Balaban J connectivity index is 2.58. The fraction of sp³-hybridized carbons (Fsp3) is 0.200. The highest BCUT2D eigenvalue weighted by Gasteiger charge is 2.16. The van der Waals surface area contributed by atoms with Crippen LogP contribution in [0.1, 0.15) is 17.3 Å². The number of hydrogen-bond donors (Lipinski definition) is 1. The van der Waals surface area contributed by atoms with Gasteiger partial charge in [-0.05, 0) is 19.1 Å². The molecular formula is C10H9ClN2O. The zero-order valence-electron chi connectivity index (χ0n) is 7.62. The van der Waals surface area contributed by atoms with E-state index in [1.807, 2.05) is 6.07 Å². The van der Waals surface area contributed by atoms with Crippen LogP contribution in [0.4, 0.5) is 0 Å². The van der Waals surface area contributed by atoms with Crippen LogP contribution >= 0.6 is 11.6 Å². The van der Waals surface area contributed by atoms with Gasteiger partial charge in [-0.25, -0.2) is 4.98 Å². The van der Waals surface area contributed by atoms with E-state index in [4.69, 9.17) is 11.6 Å². The number of fused-ring (bicyclic) bond motifs is 1. The van der Waals surface area contributed by atoms with Crippen molar-refractivity contribution < 1.29 is 4.79 Å². The van der Waals surface area contributed by atoms with Crippen molar-refractivity contribution in [2.24, 2.45) is 0 Å². The SMILES string of the molecule is C[C@H](Cl)C(=O)c1c[nH]c2ncccc12. The van der Waals surface area contributed by atoms with Crippen LogP contribution in [0, 0.1) is 0 Å². The van der Waals surface area contributed by atoms with E-state index < -0.39 is 5.38 Å². The number of aromatic amines is 1. The largest absolute Gasteiger partial charge is 0.345 e. The molecule has 0 spiro atoms. The lowest BCUT2D eigenvalue weighted by atomic mass is 10.1. The number of Topliss-reactive ketones (excluding diaryl/α,β-unsaturated/α-hetero) is 1. The molecule has 0 aliphatic heterocycles. The van der Waals surface area contributed by atoms with Gasteiger partial charge in [-0.2, -0.15) is 0 Å². The first-order valence-electron chi connectivity index (χ1n) is 4.30. The maximum absolute atomic E-state index is 11.6. The zero-order valence-corrected chi connectivity index (χ0v) is 8.38. The molecule has 0 unspecified atom stereocenters. The fourth-order valence-corrected chi connectivity index (χ4v) is 1.49. The molecule has 3 nitrogen and oxygen atoms in total. The smallest absolute Gasteiger partial charge is 0.182 e. The lowest BCUT2D eigenvalue weighted by Crippen LogP contribution is -2.09. The number of hydrogen-bond acceptors (Lipinski definition) is 2. The molecule has 0 bridgehead atoms. The number of nitrogens with zero attached hydrogens (tertiary/aromatic N) is 1. The van der Waals surface area contributed by atoms with Crippen LogP contribution in [0.2, 0.25) is 0 Å². The zero-order chi connectivity index (χ0) is 10.1. The lowest BCUT2D eigenvalue weighted by molar-refractivity contribution is 0.0993. The summed E-state index contributed by atoms with van der Waals surface area (Å²) < 4.78 is 0. The van der Waals surface area contributed by atoms with Crippen LogP contribution in [0.3, 0.4) is 0 Å². The van der Waals surface area contributed by atoms with Gasteiger partial charge in [-0.15, -0.1) is 11.6 Å². The Morgan fingerprint density at radius 1 is 1.64 bits per heavy atom. The third kappa shape index (κ3) is 1.40. The molecule has 72 valence electrons. The first-order chi connectivity index (χ1) is 6.70. The summed E-state index contributed by atoms with van der Waals surface area (Å²) in [6.07, 6.45) is 3.33. The quantitative estimate of drug-likeness (QED) is 0.609. The average Bonchev–Trinajstić information content (AvgIpc) is 2.60. The summed E-state index contributed by atoms with van der Waals surface area (Å²) >= 11 is 5.74. The number of carbonyl (C=O) groups excluding carboxylic acids is 1. The predicted molar refractivity (Wildman–Crippen MR) is 55.7 cm³/mol. The lowest BCUT2D eigenvalue weighted by Gasteiger charge is -1.99. The Bertz CT molecular complexity index is 476. The minimum Gasteiger partial charge on any atom is -0.345 e. The second-order valence-corrected chi connectivity index (χ2v) is 3.74. The van der Waals surface area contributed by atoms with Crippen molar-refractivity contribution in [3.05, 3.63) is 30.1 Å². The van der Waals surface area contributed by atoms with Gasteiger partial charge in [0.05, 0.1) is 5.38 Å². The molecule has 0 fully saturated rings. The molecule has 4 heteroatoms. The molecule has 1 N–H and O–H groups in total. The summed E-state index contributed by atoms with van der Waals surface area (Å²) in [4.78, 5) is 18.7. The molecule has 14 heavy (non-hydrogen) atoms. The van der Waals surface area contributed by atoms with E-state index in [0.29, 0.717) is 11.2 Å². The number of ketones is 1. The van der Waals surface area contributed by atoms with Crippen LogP contribution in [0.5, 0.6) is 0 Å². The van der Waals surface area contributed by atoms with E-state index in [0.717, 1.165) is 5.39 Å². The van der Waals surface area contributed by atoms with Gasteiger partial charge in [0.2, 0.25) is 0 Å². The molecule has 2 heterocycles. The van der Waals surface area contributed by atoms with E-state index in [1.165, 1.54) is 0 Å². The summed E-state index contributed by atoms with van der Waals surface area (Å²) in [6, 6.07) is 3.65. The Labute approximate surface area is 86.1 Å². The van der Waals surface area contributed by atoms with Gasteiger partial charge in [0.1, 0.15) is 5.65 Å². The molecule has 1 atom stereocenters. The van der Waals surface area contributed by atoms with E-state index >= 15 is 0 Å². The maximum atomic E-state index is 11.6. The fourth-order valence-electron chi connectivity index (χ4n) is 1.37. The minimum absolute atomic E-state index is 0.0779. The molecule has 0 saturated heterocycles. The number of alkyl halides is 1. The van der Waals surface area contributed by atoms with Crippen molar-refractivity contribution in [2.45, 2.75) is 12.3 Å². The van der Waals surface area contributed by atoms with Crippen LogP contribution in [0.25, 0.3) is 11.0 Å². The summed E-state index contributed by atoms with van der Waals surface area (Å²) in [6.45, 7) is 1.67. The second-order valence-electron chi connectivity index (χ2n) is 3.08. The molecule has 0 aromatic carbocycles. The van der Waals surface area contributed by atoms with Crippen LogP contribution in [-0.2, 0) is 0 Å². The van der Waals surface area contributed by atoms with Crippen molar-refractivity contribution in [3.8, 4) is 0 Å². The molecule has 0 aliphatic carbocycles. The van der Waals surface area contributed by atoms with Crippen LogP contribution in [0.15, 0.2) is 24.5 Å². The molecular weight excluding hydrogens is 200 g/mol. The van der Waals surface area contributed by atoms with E-state index in [-0.39, 0.29) is 5.78 Å². The number of rotatable bonds is 2. The molecule has 2 aromatic rings. The van der Waals surface area contributed by atoms with Crippen molar-refractivity contribution in [1.29, 1.82) is 0 Å². The monoisotopic (exact) mass is 208 g/mol. The molecule has 2 rings (SSSR count). The third-order valence-corrected chi connectivity index (χ3v) is 2.28. The maximum Gasteiger partial charge on any atom is 0.182 e. The Morgan fingerprint density at radius 3 is 3.14 bits per heavy atom.